The predicted octanol–water partition coefficient (Wildman–Crippen LogP) is 4.77. The zero-order chi connectivity index (χ0) is 15.9. The fourth-order valence-corrected chi connectivity index (χ4v) is 3.37. The second-order valence-electron chi connectivity index (χ2n) is 5.77. The lowest BCUT2D eigenvalue weighted by Crippen LogP contribution is -2.01. The van der Waals surface area contributed by atoms with E-state index in [-0.39, 0.29) is 5.92 Å². The van der Waals surface area contributed by atoms with E-state index >= 15 is 0 Å². The molecule has 2 N–H and O–H groups in total. The Labute approximate surface area is 139 Å². The minimum absolute atomic E-state index is 0.234. The van der Waals surface area contributed by atoms with Gasteiger partial charge in [0.2, 0.25) is 5.88 Å². The van der Waals surface area contributed by atoms with Gasteiger partial charge in [-0.25, -0.2) is 0 Å². The van der Waals surface area contributed by atoms with Crippen molar-refractivity contribution in [1.82, 2.24) is 10.2 Å². The van der Waals surface area contributed by atoms with E-state index in [1.165, 1.54) is 0 Å². The molecule has 22 heavy (non-hydrogen) atoms. The maximum Gasteiger partial charge on any atom is 0.239 e. The Hall–Kier alpha value is -1.52. The SMILES string of the molecule is CC(C)c1cc(Oc2c(Cl)cc(N)c3c2CCC3)nnc1Cl. The van der Waals surface area contributed by atoms with Crippen LogP contribution in [0, 0.1) is 0 Å². The summed E-state index contributed by atoms with van der Waals surface area (Å²) in [4.78, 5) is 0. The van der Waals surface area contributed by atoms with Crippen LogP contribution in [0.2, 0.25) is 10.2 Å². The molecule has 4 nitrogen and oxygen atoms in total. The second-order valence-corrected chi connectivity index (χ2v) is 6.54. The van der Waals surface area contributed by atoms with Gasteiger partial charge in [0.1, 0.15) is 0 Å². The van der Waals surface area contributed by atoms with Gasteiger partial charge in [-0.2, -0.15) is 0 Å². The van der Waals surface area contributed by atoms with E-state index in [1.54, 1.807) is 6.07 Å². The van der Waals surface area contributed by atoms with Gasteiger partial charge in [0.05, 0.1) is 5.02 Å². The molecule has 0 spiro atoms. The molecule has 1 heterocycles. The van der Waals surface area contributed by atoms with E-state index in [9.17, 15) is 0 Å². The van der Waals surface area contributed by atoms with Crippen LogP contribution in [-0.4, -0.2) is 10.2 Å². The number of nitrogens with two attached hydrogens (primary N) is 1. The van der Waals surface area contributed by atoms with Gasteiger partial charge < -0.3 is 10.5 Å². The molecule has 1 aliphatic rings. The number of rotatable bonds is 3. The van der Waals surface area contributed by atoms with E-state index in [1.807, 2.05) is 19.9 Å². The van der Waals surface area contributed by atoms with Crippen LogP contribution in [0.1, 0.15) is 42.9 Å². The van der Waals surface area contributed by atoms with E-state index in [0.717, 1.165) is 41.6 Å². The highest BCUT2D eigenvalue weighted by Crippen LogP contribution is 2.42. The largest absolute Gasteiger partial charge is 0.436 e. The van der Waals surface area contributed by atoms with Crippen molar-refractivity contribution in [2.24, 2.45) is 0 Å². The molecule has 0 amide bonds. The van der Waals surface area contributed by atoms with Gasteiger partial charge in [0.25, 0.3) is 0 Å². The quantitative estimate of drug-likeness (QED) is 0.819. The highest BCUT2D eigenvalue weighted by Gasteiger charge is 2.22. The number of aromatic nitrogens is 2. The molecule has 0 bridgehead atoms. The summed E-state index contributed by atoms with van der Waals surface area (Å²) in [6.45, 7) is 4.08. The Balaban J connectivity index is 2.01. The number of hydrogen-bond acceptors (Lipinski definition) is 4. The lowest BCUT2D eigenvalue weighted by Gasteiger charge is -2.14. The first-order valence-electron chi connectivity index (χ1n) is 7.28. The first-order chi connectivity index (χ1) is 10.5. The van der Waals surface area contributed by atoms with Crippen molar-refractivity contribution >= 4 is 28.9 Å². The molecular formula is C16H17Cl2N3O. The summed E-state index contributed by atoms with van der Waals surface area (Å²) in [5, 5.41) is 8.87. The third-order valence-electron chi connectivity index (χ3n) is 3.92. The lowest BCUT2D eigenvalue weighted by atomic mass is 10.1. The second kappa shape index (κ2) is 5.94. The Morgan fingerprint density at radius 2 is 1.86 bits per heavy atom. The minimum atomic E-state index is 0.234. The number of hydrogen-bond donors (Lipinski definition) is 1. The van der Waals surface area contributed by atoms with Gasteiger partial charge in [0.15, 0.2) is 10.9 Å². The molecule has 2 aromatic rings. The molecule has 3 rings (SSSR count). The van der Waals surface area contributed by atoms with Crippen LogP contribution >= 0.6 is 23.2 Å². The normalized spacial score (nSPS) is 13.5. The van der Waals surface area contributed by atoms with Crippen molar-refractivity contribution in [3.63, 3.8) is 0 Å². The Morgan fingerprint density at radius 3 is 2.59 bits per heavy atom. The molecule has 116 valence electrons. The van der Waals surface area contributed by atoms with Gasteiger partial charge in [0, 0.05) is 17.3 Å². The van der Waals surface area contributed by atoms with Crippen molar-refractivity contribution in [3.8, 4) is 11.6 Å². The maximum absolute atomic E-state index is 6.32. The topological polar surface area (TPSA) is 61.0 Å². The Kier molecular flexibility index (Phi) is 4.15. The molecule has 0 atom stereocenters. The lowest BCUT2D eigenvalue weighted by molar-refractivity contribution is 0.449. The average molecular weight is 338 g/mol. The number of fused-ring (bicyclic) bond motifs is 1. The molecule has 1 aromatic carbocycles. The van der Waals surface area contributed by atoms with Crippen LogP contribution in [0.3, 0.4) is 0 Å². The molecule has 0 saturated heterocycles. The third-order valence-corrected chi connectivity index (χ3v) is 4.50. The molecule has 6 heteroatoms. The number of halogens is 2. The monoisotopic (exact) mass is 337 g/mol. The van der Waals surface area contributed by atoms with Crippen LogP contribution in [0.4, 0.5) is 5.69 Å². The highest BCUT2D eigenvalue weighted by molar-refractivity contribution is 6.32. The van der Waals surface area contributed by atoms with Crippen LogP contribution in [-0.2, 0) is 12.8 Å². The number of benzene rings is 1. The van der Waals surface area contributed by atoms with E-state index in [4.69, 9.17) is 33.7 Å². The standard InChI is InChI=1S/C16H17Cl2N3O/c1-8(2)11-6-14(20-21-16(11)18)22-15-10-5-3-4-9(10)13(19)7-12(15)17/h6-8H,3-5,19H2,1-2H3. The van der Waals surface area contributed by atoms with Crippen LogP contribution in [0.15, 0.2) is 12.1 Å². The summed E-state index contributed by atoms with van der Waals surface area (Å²) in [5.41, 5.74) is 9.87. The molecule has 0 aliphatic heterocycles. The summed E-state index contributed by atoms with van der Waals surface area (Å²) < 4.78 is 5.93. The van der Waals surface area contributed by atoms with Crippen molar-refractivity contribution in [2.75, 3.05) is 5.73 Å². The molecule has 0 fully saturated rings. The fourth-order valence-electron chi connectivity index (χ4n) is 2.79. The van der Waals surface area contributed by atoms with E-state index in [0.29, 0.717) is 21.8 Å². The van der Waals surface area contributed by atoms with Crippen molar-refractivity contribution in [2.45, 2.75) is 39.0 Å². The number of nitrogens with zero attached hydrogens (tertiary/aromatic N) is 2. The van der Waals surface area contributed by atoms with Crippen molar-refractivity contribution in [3.05, 3.63) is 39.0 Å². The van der Waals surface area contributed by atoms with Crippen LogP contribution in [0.5, 0.6) is 11.6 Å². The highest BCUT2D eigenvalue weighted by atomic mass is 35.5. The molecule has 0 radical (unpaired) electrons. The van der Waals surface area contributed by atoms with Gasteiger partial charge in [-0.05, 0) is 42.4 Å². The number of anilines is 1. The Bertz CT molecular complexity index is 732. The molecule has 0 saturated carbocycles. The molecule has 0 unspecified atom stereocenters. The van der Waals surface area contributed by atoms with Crippen LogP contribution < -0.4 is 10.5 Å². The van der Waals surface area contributed by atoms with Gasteiger partial charge >= 0.3 is 0 Å². The fraction of sp³-hybridized carbons (Fsp3) is 0.375. The Morgan fingerprint density at radius 1 is 1.14 bits per heavy atom. The molecule has 1 aromatic heterocycles. The van der Waals surface area contributed by atoms with Gasteiger partial charge in [-0.1, -0.05) is 37.0 Å². The summed E-state index contributed by atoms with van der Waals surface area (Å²) in [7, 11) is 0. The van der Waals surface area contributed by atoms with E-state index in [2.05, 4.69) is 10.2 Å². The van der Waals surface area contributed by atoms with Crippen LogP contribution in [0.25, 0.3) is 0 Å². The third kappa shape index (κ3) is 2.73. The van der Waals surface area contributed by atoms with Crippen molar-refractivity contribution in [1.29, 1.82) is 0 Å². The number of ether oxygens (including phenoxy) is 1. The number of nitrogen functional groups attached to an aromatic ring is 1. The molecule has 1 aliphatic carbocycles. The zero-order valence-electron chi connectivity index (χ0n) is 12.5. The van der Waals surface area contributed by atoms with Crippen molar-refractivity contribution < 1.29 is 4.74 Å². The summed E-state index contributed by atoms with van der Waals surface area (Å²) >= 11 is 12.4. The van der Waals surface area contributed by atoms with Gasteiger partial charge in [-0.3, -0.25) is 0 Å². The zero-order valence-corrected chi connectivity index (χ0v) is 14.0. The first kappa shape index (κ1) is 15.4. The summed E-state index contributed by atoms with van der Waals surface area (Å²) in [6.07, 6.45) is 2.92. The smallest absolute Gasteiger partial charge is 0.239 e. The summed E-state index contributed by atoms with van der Waals surface area (Å²) in [5.74, 6) is 1.27. The molecular weight excluding hydrogens is 321 g/mol. The summed E-state index contributed by atoms with van der Waals surface area (Å²) in [6, 6.07) is 3.56. The maximum atomic E-state index is 6.32. The average Bonchev–Trinajstić information content (AvgIpc) is 2.94. The first-order valence-corrected chi connectivity index (χ1v) is 8.03. The predicted molar refractivity (Wildman–Crippen MR) is 89.1 cm³/mol. The van der Waals surface area contributed by atoms with Gasteiger partial charge in [-0.15, -0.1) is 10.2 Å². The minimum Gasteiger partial charge on any atom is -0.436 e. The van der Waals surface area contributed by atoms with E-state index < -0.39 is 0 Å².